The molecule has 12 heteroatoms. The zero-order chi connectivity index (χ0) is 29.0. The standard InChI is InChI=1S/C26H40N4O8/c1-14(2)11-18(27)23(34)29-20(12-15(3)4)25(36)28-19(9-10-22(32)33)24(35)30-21(26(37)38)13-16-5-7-17(31)8-6-16/h5-8,14-15,18-21,31H,9-13,27H2,1-4H3,(H,28,36)(H,29,34)(H,30,35)(H,32,33)(H,37,38). The highest BCUT2D eigenvalue weighted by atomic mass is 16.4. The van der Waals surface area contributed by atoms with Gasteiger partial charge in [-0.3, -0.25) is 19.2 Å². The zero-order valence-corrected chi connectivity index (χ0v) is 22.3. The van der Waals surface area contributed by atoms with E-state index >= 15 is 0 Å². The summed E-state index contributed by atoms with van der Waals surface area (Å²) in [5.74, 6) is -4.51. The van der Waals surface area contributed by atoms with Gasteiger partial charge in [0.15, 0.2) is 0 Å². The summed E-state index contributed by atoms with van der Waals surface area (Å²) in [6, 6.07) is 1.15. The maximum atomic E-state index is 13.1. The van der Waals surface area contributed by atoms with Crippen LogP contribution in [-0.2, 0) is 30.4 Å². The van der Waals surface area contributed by atoms with Crippen molar-refractivity contribution in [2.75, 3.05) is 0 Å². The van der Waals surface area contributed by atoms with Crippen LogP contribution in [-0.4, -0.2) is 69.1 Å². The third-order valence-electron chi connectivity index (χ3n) is 5.67. The number of carbonyl (C=O) groups is 5. The van der Waals surface area contributed by atoms with E-state index in [-0.39, 0.29) is 36.8 Å². The largest absolute Gasteiger partial charge is 0.508 e. The van der Waals surface area contributed by atoms with Crippen LogP contribution in [0.25, 0.3) is 0 Å². The molecule has 0 spiro atoms. The molecule has 0 aliphatic carbocycles. The van der Waals surface area contributed by atoms with E-state index in [0.29, 0.717) is 12.0 Å². The van der Waals surface area contributed by atoms with E-state index in [1.807, 2.05) is 27.7 Å². The third kappa shape index (κ3) is 12.0. The molecule has 0 aliphatic heterocycles. The minimum Gasteiger partial charge on any atom is -0.508 e. The number of nitrogens with two attached hydrogens (primary N) is 1. The van der Waals surface area contributed by atoms with Gasteiger partial charge in [-0.15, -0.1) is 0 Å². The Bertz CT molecular complexity index is 964. The van der Waals surface area contributed by atoms with Crippen LogP contribution >= 0.6 is 0 Å². The SMILES string of the molecule is CC(C)CC(N)C(=O)NC(CC(C)C)C(=O)NC(CCC(=O)O)C(=O)NC(Cc1ccc(O)cc1)C(=O)O. The molecule has 1 aromatic carbocycles. The molecule has 1 rings (SSSR count). The molecule has 1 aromatic rings. The number of phenols is 1. The molecular formula is C26H40N4O8. The summed E-state index contributed by atoms with van der Waals surface area (Å²) in [6.07, 6.45) is -0.232. The molecule has 0 radical (unpaired) electrons. The van der Waals surface area contributed by atoms with Gasteiger partial charge in [-0.1, -0.05) is 39.8 Å². The van der Waals surface area contributed by atoms with Crippen LogP contribution in [0.2, 0.25) is 0 Å². The first-order valence-corrected chi connectivity index (χ1v) is 12.6. The molecule has 212 valence electrons. The Morgan fingerprint density at radius 3 is 1.76 bits per heavy atom. The average Bonchev–Trinajstić information content (AvgIpc) is 2.80. The highest BCUT2D eigenvalue weighted by Crippen LogP contribution is 2.13. The summed E-state index contributed by atoms with van der Waals surface area (Å²) in [7, 11) is 0. The third-order valence-corrected chi connectivity index (χ3v) is 5.67. The second-order valence-electron chi connectivity index (χ2n) is 10.2. The second kappa shape index (κ2) is 15.6. The van der Waals surface area contributed by atoms with E-state index in [2.05, 4.69) is 16.0 Å². The van der Waals surface area contributed by atoms with E-state index < -0.39 is 60.2 Å². The smallest absolute Gasteiger partial charge is 0.326 e. The molecule has 4 unspecified atom stereocenters. The zero-order valence-electron chi connectivity index (χ0n) is 22.3. The van der Waals surface area contributed by atoms with E-state index in [1.54, 1.807) is 0 Å². The predicted octanol–water partition coefficient (Wildman–Crippen LogP) is 0.758. The Labute approximate surface area is 222 Å². The number of carboxylic acids is 2. The molecule has 4 atom stereocenters. The summed E-state index contributed by atoms with van der Waals surface area (Å²) < 4.78 is 0. The van der Waals surface area contributed by atoms with Crippen molar-refractivity contribution in [2.24, 2.45) is 17.6 Å². The number of nitrogens with one attached hydrogen (secondary N) is 3. The normalized spacial score (nSPS) is 14.3. The highest BCUT2D eigenvalue weighted by molar-refractivity contribution is 5.94. The van der Waals surface area contributed by atoms with E-state index in [0.717, 1.165) is 0 Å². The number of hydrogen-bond donors (Lipinski definition) is 7. The lowest BCUT2D eigenvalue weighted by Crippen LogP contribution is -2.57. The molecule has 3 amide bonds. The molecule has 0 saturated heterocycles. The predicted molar refractivity (Wildman–Crippen MR) is 139 cm³/mol. The van der Waals surface area contributed by atoms with E-state index in [9.17, 15) is 34.2 Å². The Hall–Kier alpha value is -3.67. The van der Waals surface area contributed by atoms with Gasteiger partial charge >= 0.3 is 11.9 Å². The first-order valence-electron chi connectivity index (χ1n) is 12.6. The summed E-state index contributed by atoms with van der Waals surface area (Å²) in [6.45, 7) is 7.50. The van der Waals surface area contributed by atoms with Crippen LogP contribution in [0, 0.1) is 11.8 Å². The maximum Gasteiger partial charge on any atom is 0.326 e. The fourth-order valence-corrected chi connectivity index (χ4v) is 3.75. The lowest BCUT2D eigenvalue weighted by atomic mass is 10.00. The van der Waals surface area contributed by atoms with Gasteiger partial charge in [-0.2, -0.15) is 0 Å². The molecular weight excluding hydrogens is 496 g/mol. The van der Waals surface area contributed by atoms with Crippen LogP contribution in [0.5, 0.6) is 5.75 Å². The van der Waals surface area contributed by atoms with Crippen molar-refractivity contribution in [1.29, 1.82) is 0 Å². The average molecular weight is 537 g/mol. The van der Waals surface area contributed by atoms with Crippen molar-refractivity contribution in [1.82, 2.24) is 16.0 Å². The number of amides is 3. The maximum absolute atomic E-state index is 13.1. The monoisotopic (exact) mass is 536 g/mol. The second-order valence-corrected chi connectivity index (χ2v) is 10.2. The van der Waals surface area contributed by atoms with Crippen molar-refractivity contribution in [3.8, 4) is 5.75 Å². The molecule has 0 aromatic heterocycles. The summed E-state index contributed by atoms with van der Waals surface area (Å²) in [5.41, 5.74) is 6.47. The molecule has 0 fully saturated rings. The number of phenolic OH excluding ortho intramolecular Hbond substituents is 1. The molecule has 0 heterocycles. The number of hydrogen-bond acceptors (Lipinski definition) is 7. The number of rotatable bonds is 16. The van der Waals surface area contributed by atoms with Crippen molar-refractivity contribution in [3.63, 3.8) is 0 Å². The number of benzene rings is 1. The minimum absolute atomic E-state index is 0.00527. The van der Waals surface area contributed by atoms with Crippen molar-refractivity contribution >= 4 is 29.7 Å². The summed E-state index contributed by atoms with van der Waals surface area (Å²) in [4.78, 5) is 61.7. The molecule has 8 N–H and O–H groups in total. The highest BCUT2D eigenvalue weighted by Gasteiger charge is 2.31. The van der Waals surface area contributed by atoms with Gasteiger partial charge in [0.1, 0.15) is 23.9 Å². The number of aromatic hydroxyl groups is 1. The van der Waals surface area contributed by atoms with E-state index in [4.69, 9.17) is 10.8 Å². The van der Waals surface area contributed by atoms with Crippen LogP contribution in [0.15, 0.2) is 24.3 Å². The molecule has 0 aliphatic rings. The van der Waals surface area contributed by atoms with Gasteiger partial charge in [0, 0.05) is 12.8 Å². The van der Waals surface area contributed by atoms with Gasteiger partial charge in [0.25, 0.3) is 0 Å². The van der Waals surface area contributed by atoms with E-state index in [1.165, 1.54) is 24.3 Å². The molecule has 0 bridgehead atoms. The van der Waals surface area contributed by atoms with Gasteiger partial charge < -0.3 is 37.0 Å². The Morgan fingerprint density at radius 2 is 1.26 bits per heavy atom. The van der Waals surface area contributed by atoms with Gasteiger partial charge in [0.2, 0.25) is 17.7 Å². The van der Waals surface area contributed by atoms with Gasteiger partial charge in [-0.25, -0.2) is 4.79 Å². The Morgan fingerprint density at radius 1 is 0.763 bits per heavy atom. The van der Waals surface area contributed by atoms with Gasteiger partial charge in [0.05, 0.1) is 6.04 Å². The Balaban J connectivity index is 3.05. The van der Waals surface area contributed by atoms with Crippen molar-refractivity contribution in [2.45, 2.75) is 84.0 Å². The van der Waals surface area contributed by atoms with Crippen LogP contribution in [0.1, 0.15) is 58.9 Å². The van der Waals surface area contributed by atoms with Crippen molar-refractivity contribution in [3.05, 3.63) is 29.8 Å². The molecule has 12 nitrogen and oxygen atoms in total. The number of aliphatic carboxylic acids is 2. The number of carboxylic acid groups (broad SMARTS) is 2. The first-order chi connectivity index (χ1) is 17.7. The summed E-state index contributed by atoms with van der Waals surface area (Å²) >= 11 is 0. The summed E-state index contributed by atoms with van der Waals surface area (Å²) in [5, 5.41) is 35.6. The lowest BCUT2D eigenvalue weighted by molar-refractivity contribution is -0.143. The molecule has 0 saturated carbocycles. The van der Waals surface area contributed by atoms with Gasteiger partial charge in [-0.05, 0) is 48.8 Å². The number of carbonyl (C=O) groups excluding carboxylic acids is 3. The topological polar surface area (TPSA) is 208 Å². The first kappa shape index (κ1) is 32.4. The van der Waals surface area contributed by atoms with Crippen LogP contribution < -0.4 is 21.7 Å². The lowest BCUT2D eigenvalue weighted by Gasteiger charge is -2.26. The molecule has 38 heavy (non-hydrogen) atoms. The fourth-order valence-electron chi connectivity index (χ4n) is 3.75. The van der Waals surface area contributed by atoms with Crippen molar-refractivity contribution < 1.29 is 39.3 Å². The minimum atomic E-state index is -1.38. The van der Waals surface area contributed by atoms with Crippen LogP contribution in [0.3, 0.4) is 0 Å². The quantitative estimate of drug-likeness (QED) is 0.159. The van der Waals surface area contributed by atoms with Crippen LogP contribution in [0.4, 0.5) is 0 Å². The fraction of sp³-hybridized carbons (Fsp3) is 0.577. The Kier molecular flexibility index (Phi) is 13.2.